The van der Waals surface area contributed by atoms with E-state index in [1.807, 2.05) is 6.92 Å². The van der Waals surface area contributed by atoms with Gasteiger partial charge in [-0.15, -0.1) is 0 Å². The summed E-state index contributed by atoms with van der Waals surface area (Å²) in [4.78, 5) is 30.5. The lowest BCUT2D eigenvalue weighted by Crippen LogP contribution is -2.38. The minimum atomic E-state index is -0.0777. The summed E-state index contributed by atoms with van der Waals surface area (Å²) in [5.41, 5.74) is 1.52. The van der Waals surface area contributed by atoms with Crippen LogP contribution < -0.4 is 4.74 Å². The number of rotatable bonds is 8. The zero-order valence-electron chi connectivity index (χ0n) is 16.9. The van der Waals surface area contributed by atoms with Gasteiger partial charge in [0.2, 0.25) is 0 Å². The van der Waals surface area contributed by atoms with E-state index >= 15 is 0 Å². The molecule has 1 aromatic heterocycles. The summed E-state index contributed by atoms with van der Waals surface area (Å²) in [6.07, 6.45) is 3.03. The van der Waals surface area contributed by atoms with Gasteiger partial charge in [0.15, 0.2) is 18.3 Å². The van der Waals surface area contributed by atoms with E-state index < -0.39 is 0 Å². The molecule has 0 bridgehead atoms. The molecule has 1 amide bonds. The summed E-state index contributed by atoms with van der Waals surface area (Å²) in [6, 6.07) is 6.91. The predicted octanol–water partition coefficient (Wildman–Crippen LogP) is 3.82. The predicted molar refractivity (Wildman–Crippen MR) is 105 cm³/mol. The van der Waals surface area contributed by atoms with Crippen molar-refractivity contribution in [1.29, 1.82) is 0 Å². The van der Waals surface area contributed by atoms with E-state index in [0.29, 0.717) is 43.2 Å². The van der Waals surface area contributed by atoms with Crippen molar-refractivity contribution in [1.82, 2.24) is 9.88 Å². The fourth-order valence-electron chi connectivity index (χ4n) is 3.16. The van der Waals surface area contributed by atoms with Crippen molar-refractivity contribution >= 4 is 11.7 Å². The van der Waals surface area contributed by atoms with Crippen LogP contribution in [0.1, 0.15) is 61.3 Å². The van der Waals surface area contributed by atoms with Crippen LogP contribution in [0.4, 0.5) is 0 Å². The minimum absolute atomic E-state index is 0.0333. The second-order valence-electron chi connectivity index (χ2n) is 7.57. The molecule has 1 aromatic carbocycles. The first kappa shape index (κ1) is 20.1. The average Bonchev–Trinajstić information content (AvgIpc) is 3.12. The quantitative estimate of drug-likeness (QED) is 0.647. The molecular weight excluding hydrogens is 356 g/mol. The largest absolute Gasteiger partial charge is 0.484 e. The molecule has 2 heterocycles. The van der Waals surface area contributed by atoms with Crippen LogP contribution >= 0.6 is 0 Å². The number of ether oxygens (including phenoxy) is 1. The molecule has 0 spiro atoms. The van der Waals surface area contributed by atoms with Crippen molar-refractivity contribution in [3.05, 3.63) is 47.2 Å². The van der Waals surface area contributed by atoms with Gasteiger partial charge in [0.05, 0.1) is 6.54 Å². The van der Waals surface area contributed by atoms with Crippen LogP contribution in [0, 0.1) is 5.92 Å². The summed E-state index contributed by atoms with van der Waals surface area (Å²) in [6.45, 7) is 7.23. The van der Waals surface area contributed by atoms with Crippen molar-refractivity contribution in [2.24, 2.45) is 5.92 Å². The number of aromatic nitrogens is 1. The molecular formula is C22H28N2O4. The lowest BCUT2D eigenvalue weighted by Gasteiger charge is -2.25. The number of oxazole rings is 1. The Morgan fingerprint density at radius 3 is 2.68 bits per heavy atom. The van der Waals surface area contributed by atoms with Gasteiger partial charge >= 0.3 is 0 Å². The van der Waals surface area contributed by atoms with Crippen molar-refractivity contribution in [2.45, 2.75) is 53.0 Å². The maximum atomic E-state index is 12.5. The van der Waals surface area contributed by atoms with E-state index in [1.165, 1.54) is 0 Å². The molecule has 0 radical (unpaired) electrons. The van der Waals surface area contributed by atoms with Gasteiger partial charge in [0.1, 0.15) is 17.2 Å². The Labute approximate surface area is 165 Å². The molecule has 0 atom stereocenters. The number of Topliss-reactive ketones (excluding diaryl/α,β-unsaturated/α-hetero) is 1. The lowest BCUT2D eigenvalue weighted by atomic mass is 10.1. The third kappa shape index (κ3) is 5.00. The van der Waals surface area contributed by atoms with Crippen LogP contribution in [-0.2, 0) is 24.2 Å². The first-order valence-electron chi connectivity index (χ1n) is 9.97. The van der Waals surface area contributed by atoms with E-state index in [-0.39, 0.29) is 18.3 Å². The van der Waals surface area contributed by atoms with E-state index in [1.54, 1.807) is 29.2 Å². The molecule has 150 valence electrons. The lowest BCUT2D eigenvalue weighted by molar-refractivity contribution is -0.134. The molecule has 6 nitrogen and oxygen atoms in total. The van der Waals surface area contributed by atoms with Crippen LogP contribution in [0.15, 0.2) is 28.7 Å². The Balaban J connectivity index is 1.52. The van der Waals surface area contributed by atoms with Crippen LogP contribution in [-0.4, -0.2) is 34.7 Å². The number of hydrogen-bond acceptors (Lipinski definition) is 5. The highest BCUT2D eigenvalue weighted by molar-refractivity contribution is 5.95. The Kier molecular flexibility index (Phi) is 6.49. The third-order valence-corrected chi connectivity index (χ3v) is 4.92. The normalized spacial score (nSPS) is 13.5. The number of carbonyl (C=O) groups is 2. The summed E-state index contributed by atoms with van der Waals surface area (Å²) in [5, 5.41) is 0. The second-order valence-corrected chi connectivity index (χ2v) is 7.57. The van der Waals surface area contributed by atoms with Gasteiger partial charge in [-0.3, -0.25) is 9.59 Å². The fourth-order valence-corrected chi connectivity index (χ4v) is 3.16. The number of hydrogen-bond donors (Lipinski definition) is 0. The molecule has 0 fully saturated rings. The van der Waals surface area contributed by atoms with E-state index in [9.17, 15) is 9.59 Å². The molecule has 0 unspecified atom stereocenters. The number of amides is 1. The molecule has 0 saturated carbocycles. The van der Waals surface area contributed by atoms with Crippen molar-refractivity contribution in [3.63, 3.8) is 0 Å². The van der Waals surface area contributed by atoms with E-state index in [2.05, 4.69) is 18.8 Å². The van der Waals surface area contributed by atoms with Crippen LogP contribution in [0.3, 0.4) is 0 Å². The van der Waals surface area contributed by atoms with Gasteiger partial charge in [-0.25, -0.2) is 4.98 Å². The smallest absolute Gasteiger partial charge is 0.260 e. The maximum absolute atomic E-state index is 12.5. The summed E-state index contributed by atoms with van der Waals surface area (Å²) < 4.78 is 11.4. The zero-order chi connectivity index (χ0) is 20.1. The SMILES string of the molecule is CCC(=O)c1ccc(OCC(=O)N2CCc3oc(CCC(C)C)nc3C2)cc1. The zero-order valence-corrected chi connectivity index (χ0v) is 16.9. The molecule has 3 rings (SSSR count). The Morgan fingerprint density at radius 2 is 2.00 bits per heavy atom. The maximum Gasteiger partial charge on any atom is 0.260 e. The van der Waals surface area contributed by atoms with Gasteiger partial charge in [-0.2, -0.15) is 0 Å². The molecule has 28 heavy (non-hydrogen) atoms. The second kappa shape index (κ2) is 9.04. The summed E-state index contributed by atoms with van der Waals surface area (Å²) >= 11 is 0. The number of fused-ring (bicyclic) bond motifs is 1. The number of nitrogens with zero attached hydrogens (tertiary/aromatic N) is 2. The van der Waals surface area contributed by atoms with Crippen molar-refractivity contribution in [3.8, 4) is 5.75 Å². The number of aryl methyl sites for hydroxylation is 1. The molecule has 2 aromatic rings. The first-order valence-corrected chi connectivity index (χ1v) is 9.97. The Hall–Kier alpha value is -2.63. The van der Waals surface area contributed by atoms with E-state index in [4.69, 9.17) is 9.15 Å². The summed E-state index contributed by atoms with van der Waals surface area (Å²) in [7, 11) is 0. The third-order valence-electron chi connectivity index (χ3n) is 4.92. The molecule has 0 aliphatic carbocycles. The Bertz CT molecular complexity index is 824. The average molecular weight is 384 g/mol. The highest BCUT2D eigenvalue weighted by Gasteiger charge is 2.25. The van der Waals surface area contributed by atoms with E-state index in [0.717, 1.165) is 30.2 Å². The molecule has 1 aliphatic heterocycles. The monoisotopic (exact) mass is 384 g/mol. The van der Waals surface area contributed by atoms with Crippen molar-refractivity contribution < 1.29 is 18.7 Å². The van der Waals surface area contributed by atoms with Gasteiger partial charge in [-0.05, 0) is 36.6 Å². The van der Waals surface area contributed by atoms with Crippen LogP contribution in [0.2, 0.25) is 0 Å². The minimum Gasteiger partial charge on any atom is -0.484 e. The standard InChI is InChI=1S/C22H28N2O4/c1-4-19(25)16-6-8-17(9-7-16)27-14-22(26)24-12-11-20-18(13-24)23-21(28-20)10-5-15(2)3/h6-9,15H,4-5,10-14H2,1-3H3. The first-order chi connectivity index (χ1) is 13.5. The number of carbonyl (C=O) groups excluding carboxylic acids is 2. The summed E-state index contributed by atoms with van der Waals surface area (Å²) in [5.74, 6) is 2.87. The highest BCUT2D eigenvalue weighted by atomic mass is 16.5. The van der Waals surface area contributed by atoms with Crippen molar-refractivity contribution in [2.75, 3.05) is 13.2 Å². The molecule has 6 heteroatoms. The van der Waals surface area contributed by atoms with Crippen LogP contribution in [0.5, 0.6) is 5.75 Å². The van der Waals surface area contributed by atoms with Gasteiger partial charge in [0.25, 0.3) is 5.91 Å². The molecule has 0 saturated heterocycles. The van der Waals surface area contributed by atoms with Gasteiger partial charge in [0, 0.05) is 31.4 Å². The Morgan fingerprint density at radius 1 is 1.25 bits per heavy atom. The molecule has 0 N–H and O–H groups in total. The number of benzene rings is 1. The molecule has 1 aliphatic rings. The fraction of sp³-hybridized carbons (Fsp3) is 0.500. The highest BCUT2D eigenvalue weighted by Crippen LogP contribution is 2.22. The van der Waals surface area contributed by atoms with Gasteiger partial charge < -0.3 is 14.1 Å². The van der Waals surface area contributed by atoms with Gasteiger partial charge in [-0.1, -0.05) is 20.8 Å². The topological polar surface area (TPSA) is 72.6 Å². The van der Waals surface area contributed by atoms with Crippen LogP contribution in [0.25, 0.3) is 0 Å². The number of ketones is 1.